The zero-order valence-electron chi connectivity index (χ0n) is 26.3. The Kier molecular flexibility index (Phi) is 12.5. The molecule has 0 saturated heterocycles. The van der Waals surface area contributed by atoms with Gasteiger partial charge in [-0.05, 0) is 100 Å². The van der Waals surface area contributed by atoms with Crippen molar-refractivity contribution in [3.05, 3.63) is 108 Å². The fourth-order valence-electron chi connectivity index (χ4n) is 5.46. The molecule has 0 aliphatic carbocycles. The zero-order chi connectivity index (χ0) is 32.2. The van der Waals surface area contributed by atoms with Gasteiger partial charge in [0.15, 0.2) is 0 Å². The smallest absolute Gasteiger partial charge is 0.335 e. The lowest BCUT2D eigenvalue weighted by Gasteiger charge is -2.13. The lowest BCUT2D eigenvalue weighted by atomic mass is 9.92. The van der Waals surface area contributed by atoms with Crippen molar-refractivity contribution in [3.63, 3.8) is 0 Å². The molecule has 0 heterocycles. The average molecular weight is 609 g/mol. The Bertz CT molecular complexity index is 1670. The van der Waals surface area contributed by atoms with Crippen LogP contribution >= 0.6 is 0 Å². The van der Waals surface area contributed by atoms with Gasteiger partial charge >= 0.3 is 11.9 Å². The third-order valence-corrected chi connectivity index (χ3v) is 8.03. The third kappa shape index (κ3) is 9.37. The summed E-state index contributed by atoms with van der Waals surface area (Å²) in [6, 6.07) is 24.3. The second-order valence-corrected chi connectivity index (χ2v) is 11.5. The van der Waals surface area contributed by atoms with Crippen molar-refractivity contribution in [2.75, 3.05) is 26.4 Å². The molecule has 4 aromatic carbocycles. The summed E-state index contributed by atoms with van der Waals surface area (Å²) in [4.78, 5) is 23.8. The highest BCUT2D eigenvalue weighted by molar-refractivity contribution is 5.93. The first-order chi connectivity index (χ1) is 21.8. The van der Waals surface area contributed by atoms with Gasteiger partial charge in [0.25, 0.3) is 0 Å². The van der Waals surface area contributed by atoms with E-state index in [0.29, 0.717) is 25.7 Å². The maximum atomic E-state index is 11.9. The van der Waals surface area contributed by atoms with Crippen LogP contribution in [0.5, 0.6) is 0 Å². The highest BCUT2D eigenvalue weighted by Crippen LogP contribution is 2.31. The molecule has 4 aromatic rings. The van der Waals surface area contributed by atoms with Gasteiger partial charge in [-0.25, -0.2) is 9.59 Å². The summed E-state index contributed by atoms with van der Waals surface area (Å²) in [6.45, 7) is 8.87. The number of aliphatic hydroxyl groups excluding tert-OH is 2. The number of aliphatic hydroxyl groups is 2. The second-order valence-electron chi connectivity index (χ2n) is 11.5. The Morgan fingerprint density at radius 3 is 1.84 bits per heavy atom. The fourth-order valence-corrected chi connectivity index (χ4v) is 5.46. The number of fused-ring (bicyclic) bond motifs is 2. The van der Waals surface area contributed by atoms with Crippen LogP contribution in [0.1, 0.15) is 55.7 Å². The Labute approximate surface area is 266 Å². The van der Waals surface area contributed by atoms with E-state index >= 15 is 0 Å². The van der Waals surface area contributed by atoms with Crippen molar-refractivity contribution in [1.29, 1.82) is 0 Å². The average Bonchev–Trinajstić information content (AvgIpc) is 3.07. The number of aryl methyl sites for hydroxylation is 3. The molecule has 0 unspecified atom stereocenters. The van der Waals surface area contributed by atoms with Crippen LogP contribution in [0.2, 0.25) is 0 Å². The maximum absolute atomic E-state index is 11.9. The number of carbonyl (C=O) groups is 2. The number of benzene rings is 4. The van der Waals surface area contributed by atoms with E-state index in [1.165, 1.54) is 35.6 Å². The molecule has 4 rings (SSSR count). The third-order valence-electron chi connectivity index (χ3n) is 8.03. The zero-order valence-corrected chi connectivity index (χ0v) is 26.3. The van der Waals surface area contributed by atoms with Crippen LogP contribution in [0, 0.1) is 0 Å². The van der Waals surface area contributed by atoms with Gasteiger partial charge in [0, 0.05) is 0 Å². The first kappa shape index (κ1) is 33.6. The van der Waals surface area contributed by atoms with Crippen molar-refractivity contribution < 1.29 is 29.3 Å². The molecule has 0 amide bonds. The van der Waals surface area contributed by atoms with Crippen molar-refractivity contribution in [3.8, 4) is 11.1 Å². The van der Waals surface area contributed by atoms with E-state index in [0.717, 1.165) is 39.4 Å². The molecule has 0 aliphatic heterocycles. The highest BCUT2D eigenvalue weighted by Gasteiger charge is 2.11. The van der Waals surface area contributed by atoms with Gasteiger partial charge in [0.05, 0.1) is 37.6 Å². The Balaban J connectivity index is 1.55. The van der Waals surface area contributed by atoms with E-state index in [1.807, 2.05) is 0 Å². The summed E-state index contributed by atoms with van der Waals surface area (Å²) in [5, 5.41) is 22.9. The number of rotatable bonds is 17. The van der Waals surface area contributed by atoms with E-state index in [1.54, 1.807) is 0 Å². The number of hydrogen-bond donors (Lipinski definition) is 2. The molecule has 45 heavy (non-hydrogen) atoms. The van der Waals surface area contributed by atoms with Crippen molar-refractivity contribution in [1.82, 2.24) is 0 Å². The summed E-state index contributed by atoms with van der Waals surface area (Å²) in [5.74, 6) is -1.16. The number of hydrogen-bond acceptors (Lipinski definition) is 6. The summed E-state index contributed by atoms with van der Waals surface area (Å²) >= 11 is 0. The van der Waals surface area contributed by atoms with E-state index < -0.39 is 25.2 Å². The normalized spacial score (nSPS) is 11.1. The molecule has 0 bridgehead atoms. The summed E-state index contributed by atoms with van der Waals surface area (Å²) < 4.78 is 10.5. The summed E-state index contributed by atoms with van der Waals surface area (Å²) in [6.07, 6.45) is 7.46. The van der Waals surface area contributed by atoms with Crippen LogP contribution in [0.15, 0.2) is 91.0 Å². The van der Waals surface area contributed by atoms with Crippen molar-refractivity contribution in [2.45, 2.75) is 58.3 Å². The molecular formula is C39H44O6. The molecule has 0 atom stereocenters. The van der Waals surface area contributed by atoms with E-state index in [2.05, 4.69) is 86.8 Å². The number of carbonyl (C=O) groups excluding carboxylic acids is 2. The van der Waals surface area contributed by atoms with Gasteiger partial charge in [-0.15, -0.1) is 0 Å². The summed E-state index contributed by atoms with van der Waals surface area (Å²) in [7, 11) is 0. The van der Waals surface area contributed by atoms with E-state index in [9.17, 15) is 9.59 Å². The maximum Gasteiger partial charge on any atom is 0.335 e. The minimum absolute atomic E-state index is 0.0411. The predicted molar refractivity (Wildman–Crippen MR) is 181 cm³/mol. The molecule has 6 nitrogen and oxygen atoms in total. The Morgan fingerprint density at radius 1 is 0.622 bits per heavy atom. The Morgan fingerprint density at radius 2 is 1.18 bits per heavy atom. The van der Waals surface area contributed by atoms with Gasteiger partial charge in [0.1, 0.15) is 0 Å². The first-order valence-electron chi connectivity index (χ1n) is 15.8. The van der Waals surface area contributed by atoms with Crippen LogP contribution < -0.4 is 0 Å². The molecule has 2 N–H and O–H groups in total. The Hall–Kier alpha value is -4.26. The van der Waals surface area contributed by atoms with Crippen molar-refractivity contribution in [2.24, 2.45) is 0 Å². The van der Waals surface area contributed by atoms with Crippen LogP contribution in [0.25, 0.3) is 32.7 Å². The van der Waals surface area contributed by atoms with Crippen LogP contribution in [0.4, 0.5) is 0 Å². The largest absolute Gasteiger partial charge is 0.462 e. The minimum atomic E-state index is -0.581. The monoisotopic (exact) mass is 608 g/mol. The van der Waals surface area contributed by atoms with E-state index in [-0.39, 0.29) is 24.4 Å². The molecule has 0 radical (unpaired) electrons. The van der Waals surface area contributed by atoms with Gasteiger partial charge in [0.2, 0.25) is 0 Å². The lowest BCUT2D eigenvalue weighted by Crippen LogP contribution is -2.11. The SMILES string of the molecule is C=C(CO)C(=O)OCCCc1cc(CCCOC(=O)C(=C)CO)c2ccc(-c3ccc4cc(CCCCC)ccc4c3)cc2c1. The molecule has 236 valence electrons. The first-order valence-corrected chi connectivity index (χ1v) is 15.8. The molecule has 0 aliphatic rings. The number of unbranched alkanes of at least 4 members (excludes halogenated alkanes) is 2. The molecule has 0 fully saturated rings. The van der Waals surface area contributed by atoms with Crippen LogP contribution in [0.3, 0.4) is 0 Å². The fraction of sp³-hybridized carbons (Fsp3) is 0.333. The molecule has 0 spiro atoms. The quantitative estimate of drug-likeness (QED) is 0.0735. The predicted octanol–water partition coefficient (Wildman–Crippen LogP) is 7.44. The van der Waals surface area contributed by atoms with Gasteiger partial charge in [-0.3, -0.25) is 0 Å². The standard InChI is InChI=1S/C39H44O6/c1-4-5-6-9-29-12-13-32-23-33(15-14-31(32)20-29)34-16-17-37-35(11-8-19-45-39(43)28(3)26-41)21-30(22-36(37)24-34)10-7-18-44-38(42)27(2)25-40/h12-17,20-24,40-41H,2-11,18-19,25-26H2,1H3. The van der Waals surface area contributed by atoms with Gasteiger partial charge in [-0.2, -0.15) is 0 Å². The molecule has 0 saturated carbocycles. The minimum Gasteiger partial charge on any atom is -0.462 e. The molecule has 0 aromatic heterocycles. The van der Waals surface area contributed by atoms with Crippen LogP contribution in [-0.4, -0.2) is 48.6 Å². The van der Waals surface area contributed by atoms with Gasteiger partial charge in [-0.1, -0.05) is 87.5 Å². The summed E-state index contributed by atoms with van der Waals surface area (Å²) in [5.41, 5.74) is 6.02. The number of esters is 2. The van der Waals surface area contributed by atoms with E-state index in [4.69, 9.17) is 19.7 Å². The molecular weight excluding hydrogens is 564 g/mol. The second kappa shape index (κ2) is 16.7. The highest BCUT2D eigenvalue weighted by atomic mass is 16.5. The van der Waals surface area contributed by atoms with Gasteiger partial charge < -0.3 is 19.7 Å². The van der Waals surface area contributed by atoms with Crippen LogP contribution in [-0.2, 0) is 38.3 Å². The number of ether oxygens (including phenoxy) is 2. The lowest BCUT2D eigenvalue weighted by molar-refractivity contribution is -0.140. The topological polar surface area (TPSA) is 93.1 Å². The van der Waals surface area contributed by atoms with Crippen molar-refractivity contribution >= 4 is 33.5 Å². The molecule has 6 heteroatoms.